The van der Waals surface area contributed by atoms with E-state index in [1.807, 2.05) is 19.1 Å². The highest BCUT2D eigenvalue weighted by molar-refractivity contribution is 6.01. The van der Waals surface area contributed by atoms with E-state index in [9.17, 15) is 4.79 Å². The summed E-state index contributed by atoms with van der Waals surface area (Å²) in [6.45, 7) is 3.99. The van der Waals surface area contributed by atoms with Crippen LogP contribution in [0.2, 0.25) is 0 Å². The van der Waals surface area contributed by atoms with Gasteiger partial charge in [-0.2, -0.15) is 0 Å². The molecule has 1 aromatic heterocycles. The zero-order valence-electron chi connectivity index (χ0n) is 8.61. The number of carbonyl (C=O) groups excluding carboxylic acids is 1. The van der Waals surface area contributed by atoms with Crippen LogP contribution in [-0.2, 0) is 4.74 Å². The largest absolute Gasteiger partial charge is 0.460 e. The number of aryl methyl sites for hydroxylation is 1. The second kappa shape index (κ2) is 3.73. The molecule has 0 spiro atoms. The van der Waals surface area contributed by atoms with Crippen LogP contribution in [0.4, 0.5) is 0 Å². The van der Waals surface area contributed by atoms with Gasteiger partial charge in [0.1, 0.15) is 5.52 Å². The lowest BCUT2D eigenvalue weighted by atomic mass is 10.1. The summed E-state index contributed by atoms with van der Waals surface area (Å²) in [5.74, 6) is -0.291. The average Bonchev–Trinajstić information content (AvgIpc) is 2.63. The lowest BCUT2D eigenvalue weighted by molar-refractivity contribution is 0.0483. The molecule has 0 radical (unpaired) electrons. The molecule has 0 aliphatic heterocycles. The highest BCUT2D eigenvalue weighted by Crippen LogP contribution is 2.21. The van der Waals surface area contributed by atoms with E-state index in [-0.39, 0.29) is 5.76 Å². The summed E-state index contributed by atoms with van der Waals surface area (Å²) in [6.07, 6.45) is 0. The summed E-state index contributed by atoms with van der Waals surface area (Å²) in [4.78, 5) is 11.5. The first-order valence-corrected chi connectivity index (χ1v) is 4.76. The number of fused-ring (bicyclic) bond motifs is 1. The lowest BCUT2D eigenvalue weighted by Gasteiger charge is -1.97. The van der Waals surface area contributed by atoms with Crippen LogP contribution in [0.3, 0.4) is 0 Å². The van der Waals surface area contributed by atoms with Gasteiger partial charge in [0, 0.05) is 0 Å². The number of ether oxygens (including phenoxy) is 1. The Bertz CT molecular complexity index is 502. The molecule has 2 aromatic rings. The SMILES string of the molecule is CCOC(=O)c1onc2c(C)cccc12. The van der Waals surface area contributed by atoms with Crippen molar-refractivity contribution in [1.82, 2.24) is 5.16 Å². The summed E-state index contributed by atoms with van der Waals surface area (Å²) in [5.41, 5.74) is 1.69. The van der Waals surface area contributed by atoms with E-state index in [0.29, 0.717) is 17.5 Å². The Kier molecular flexibility index (Phi) is 2.41. The first-order chi connectivity index (χ1) is 7.24. The molecule has 0 atom stereocenters. The number of rotatable bonds is 2. The van der Waals surface area contributed by atoms with Crippen LogP contribution in [0.25, 0.3) is 10.9 Å². The Labute approximate surface area is 86.8 Å². The molecule has 0 bridgehead atoms. The molecule has 4 heteroatoms. The molecule has 1 heterocycles. The third-order valence-corrected chi connectivity index (χ3v) is 2.17. The Morgan fingerprint density at radius 3 is 3.07 bits per heavy atom. The number of benzene rings is 1. The van der Waals surface area contributed by atoms with Gasteiger partial charge in [-0.05, 0) is 25.5 Å². The van der Waals surface area contributed by atoms with Crippen molar-refractivity contribution < 1.29 is 14.1 Å². The van der Waals surface area contributed by atoms with Crippen LogP contribution in [0.15, 0.2) is 22.7 Å². The quantitative estimate of drug-likeness (QED) is 0.706. The minimum absolute atomic E-state index is 0.176. The van der Waals surface area contributed by atoms with Gasteiger partial charge >= 0.3 is 5.97 Å². The van der Waals surface area contributed by atoms with Crippen molar-refractivity contribution in [2.75, 3.05) is 6.61 Å². The topological polar surface area (TPSA) is 52.3 Å². The van der Waals surface area contributed by atoms with Gasteiger partial charge in [0.15, 0.2) is 0 Å². The van der Waals surface area contributed by atoms with Gasteiger partial charge in [-0.15, -0.1) is 0 Å². The van der Waals surface area contributed by atoms with Crippen molar-refractivity contribution >= 4 is 16.9 Å². The lowest BCUT2D eigenvalue weighted by Crippen LogP contribution is -2.03. The Morgan fingerprint density at radius 2 is 2.33 bits per heavy atom. The zero-order chi connectivity index (χ0) is 10.8. The minimum Gasteiger partial charge on any atom is -0.460 e. The molecule has 0 amide bonds. The first-order valence-electron chi connectivity index (χ1n) is 4.76. The fourth-order valence-corrected chi connectivity index (χ4v) is 1.45. The highest BCUT2D eigenvalue weighted by atomic mass is 16.6. The van der Waals surface area contributed by atoms with E-state index in [2.05, 4.69) is 5.16 Å². The van der Waals surface area contributed by atoms with E-state index < -0.39 is 5.97 Å². The van der Waals surface area contributed by atoms with Gasteiger partial charge in [-0.1, -0.05) is 17.3 Å². The van der Waals surface area contributed by atoms with Gasteiger partial charge in [0.25, 0.3) is 5.76 Å². The molecule has 15 heavy (non-hydrogen) atoms. The van der Waals surface area contributed by atoms with Gasteiger partial charge < -0.3 is 9.26 Å². The van der Waals surface area contributed by atoms with Gasteiger partial charge in [-0.3, -0.25) is 0 Å². The first kappa shape index (κ1) is 9.71. The maximum Gasteiger partial charge on any atom is 0.377 e. The third kappa shape index (κ3) is 1.58. The Morgan fingerprint density at radius 1 is 1.53 bits per heavy atom. The van der Waals surface area contributed by atoms with E-state index in [0.717, 1.165) is 5.56 Å². The van der Waals surface area contributed by atoms with Crippen LogP contribution in [0.1, 0.15) is 23.0 Å². The zero-order valence-corrected chi connectivity index (χ0v) is 8.61. The molecule has 0 aliphatic carbocycles. The summed E-state index contributed by atoms with van der Waals surface area (Å²) < 4.78 is 9.85. The smallest absolute Gasteiger partial charge is 0.377 e. The van der Waals surface area contributed by atoms with E-state index >= 15 is 0 Å². The Hall–Kier alpha value is -1.84. The number of hydrogen-bond acceptors (Lipinski definition) is 4. The monoisotopic (exact) mass is 205 g/mol. The van der Waals surface area contributed by atoms with Crippen LogP contribution in [0, 0.1) is 6.92 Å². The van der Waals surface area contributed by atoms with Crippen molar-refractivity contribution in [1.29, 1.82) is 0 Å². The molecule has 2 rings (SSSR count). The van der Waals surface area contributed by atoms with Crippen LogP contribution < -0.4 is 0 Å². The molecule has 0 saturated carbocycles. The minimum atomic E-state index is -0.467. The molecule has 0 unspecified atom stereocenters. The molecule has 0 aliphatic rings. The van der Waals surface area contributed by atoms with E-state index in [1.165, 1.54) is 0 Å². The fourth-order valence-electron chi connectivity index (χ4n) is 1.45. The maximum atomic E-state index is 11.5. The average molecular weight is 205 g/mol. The van der Waals surface area contributed by atoms with Crippen LogP contribution in [0.5, 0.6) is 0 Å². The highest BCUT2D eigenvalue weighted by Gasteiger charge is 2.17. The number of carbonyl (C=O) groups is 1. The van der Waals surface area contributed by atoms with Gasteiger partial charge in [0.2, 0.25) is 0 Å². The number of nitrogens with zero attached hydrogens (tertiary/aromatic N) is 1. The molecule has 0 saturated heterocycles. The van der Waals surface area contributed by atoms with Gasteiger partial charge in [0.05, 0.1) is 12.0 Å². The number of esters is 1. The van der Waals surface area contributed by atoms with Crippen LogP contribution >= 0.6 is 0 Å². The normalized spacial score (nSPS) is 10.5. The molecule has 0 N–H and O–H groups in total. The van der Waals surface area contributed by atoms with Crippen molar-refractivity contribution in [3.63, 3.8) is 0 Å². The predicted molar refractivity (Wildman–Crippen MR) is 54.7 cm³/mol. The van der Waals surface area contributed by atoms with E-state index in [1.54, 1.807) is 13.0 Å². The molecule has 1 aromatic carbocycles. The third-order valence-electron chi connectivity index (χ3n) is 2.17. The van der Waals surface area contributed by atoms with Crippen molar-refractivity contribution in [2.24, 2.45) is 0 Å². The van der Waals surface area contributed by atoms with Crippen molar-refractivity contribution in [2.45, 2.75) is 13.8 Å². The number of aromatic nitrogens is 1. The summed E-state index contributed by atoms with van der Waals surface area (Å²) in [6, 6.07) is 5.57. The van der Waals surface area contributed by atoms with Gasteiger partial charge in [-0.25, -0.2) is 4.79 Å². The second-order valence-corrected chi connectivity index (χ2v) is 3.20. The van der Waals surface area contributed by atoms with Crippen molar-refractivity contribution in [3.8, 4) is 0 Å². The summed E-state index contributed by atoms with van der Waals surface area (Å²) >= 11 is 0. The molecular weight excluding hydrogens is 194 g/mol. The van der Waals surface area contributed by atoms with Crippen LogP contribution in [-0.4, -0.2) is 17.7 Å². The fraction of sp³-hybridized carbons (Fsp3) is 0.273. The second-order valence-electron chi connectivity index (χ2n) is 3.20. The van der Waals surface area contributed by atoms with Crippen molar-refractivity contribution in [3.05, 3.63) is 29.5 Å². The standard InChI is InChI=1S/C11H11NO3/c1-3-14-11(13)10-8-6-4-5-7(2)9(8)12-15-10/h4-6H,3H2,1-2H3. The molecular formula is C11H11NO3. The summed E-state index contributed by atoms with van der Waals surface area (Å²) in [5, 5.41) is 4.55. The predicted octanol–water partition coefficient (Wildman–Crippen LogP) is 2.31. The molecule has 78 valence electrons. The number of hydrogen-bond donors (Lipinski definition) is 0. The molecule has 0 fully saturated rings. The summed E-state index contributed by atoms with van der Waals surface area (Å²) in [7, 11) is 0. The maximum absolute atomic E-state index is 11.5. The molecule has 4 nitrogen and oxygen atoms in total. The Balaban J connectivity index is 2.54. The van der Waals surface area contributed by atoms with E-state index in [4.69, 9.17) is 9.26 Å².